The standard InChI is InChI=1S/C16H11Br2ClN4O2S/c17-8-2-4-13(24)10(5-8)15-21-16(23-22-15)26-7-14(25)20-12-3-1-9(18)6-11(12)19/h1-6,24H,7H2,(H,20,25)(H,21,22,23). The number of aromatic amines is 1. The first kappa shape index (κ1) is 19.2. The van der Waals surface area contributed by atoms with Gasteiger partial charge in [0, 0.05) is 8.95 Å². The average molecular weight is 519 g/mol. The molecule has 26 heavy (non-hydrogen) atoms. The highest BCUT2D eigenvalue weighted by molar-refractivity contribution is 9.10. The van der Waals surface area contributed by atoms with Crippen molar-refractivity contribution in [2.75, 3.05) is 11.1 Å². The highest BCUT2D eigenvalue weighted by Crippen LogP contribution is 2.30. The van der Waals surface area contributed by atoms with Gasteiger partial charge >= 0.3 is 0 Å². The Hall–Kier alpha value is -1.55. The van der Waals surface area contributed by atoms with E-state index in [1.165, 1.54) is 11.8 Å². The van der Waals surface area contributed by atoms with Crippen molar-refractivity contribution in [2.24, 2.45) is 0 Å². The van der Waals surface area contributed by atoms with Gasteiger partial charge in [-0.1, -0.05) is 55.2 Å². The maximum absolute atomic E-state index is 12.1. The van der Waals surface area contributed by atoms with Crippen LogP contribution in [0.3, 0.4) is 0 Å². The highest BCUT2D eigenvalue weighted by Gasteiger charge is 2.13. The predicted molar refractivity (Wildman–Crippen MR) is 110 cm³/mol. The van der Waals surface area contributed by atoms with Gasteiger partial charge in [-0.05, 0) is 36.4 Å². The van der Waals surface area contributed by atoms with Gasteiger partial charge in [0.25, 0.3) is 0 Å². The molecule has 0 bridgehead atoms. The van der Waals surface area contributed by atoms with E-state index in [2.05, 4.69) is 52.4 Å². The van der Waals surface area contributed by atoms with Crippen LogP contribution < -0.4 is 5.32 Å². The largest absolute Gasteiger partial charge is 0.507 e. The van der Waals surface area contributed by atoms with E-state index in [9.17, 15) is 9.90 Å². The van der Waals surface area contributed by atoms with Gasteiger partial charge in [0.15, 0.2) is 5.82 Å². The maximum Gasteiger partial charge on any atom is 0.234 e. The zero-order valence-electron chi connectivity index (χ0n) is 13.0. The van der Waals surface area contributed by atoms with Crippen molar-refractivity contribution in [3.63, 3.8) is 0 Å². The molecule has 0 atom stereocenters. The number of aromatic hydroxyl groups is 1. The van der Waals surface area contributed by atoms with Crippen molar-refractivity contribution in [1.29, 1.82) is 0 Å². The molecule has 0 aliphatic carbocycles. The summed E-state index contributed by atoms with van der Waals surface area (Å²) in [5.41, 5.74) is 1.06. The minimum absolute atomic E-state index is 0.0866. The van der Waals surface area contributed by atoms with E-state index >= 15 is 0 Å². The van der Waals surface area contributed by atoms with Crippen LogP contribution in [0.1, 0.15) is 0 Å². The second-order valence-electron chi connectivity index (χ2n) is 5.09. The maximum atomic E-state index is 12.1. The summed E-state index contributed by atoms with van der Waals surface area (Å²) >= 11 is 13.9. The fourth-order valence-corrected chi connectivity index (χ4v) is 3.72. The monoisotopic (exact) mass is 516 g/mol. The Morgan fingerprint density at radius 3 is 2.73 bits per heavy atom. The molecule has 1 heterocycles. The number of halogens is 3. The molecule has 10 heteroatoms. The predicted octanol–water partition coefficient (Wildman–Crippen LogP) is 5.09. The first-order valence-corrected chi connectivity index (χ1v) is 10.2. The lowest BCUT2D eigenvalue weighted by Crippen LogP contribution is -2.14. The number of phenols is 1. The Morgan fingerprint density at radius 1 is 1.23 bits per heavy atom. The zero-order valence-corrected chi connectivity index (χ0v) is 17.7. The van der Waals surface area contributed by atoms with Crippen molar-refractivity contribution >= 4 is 66.8 Å². The molecule has 2 aromatic carbocycles. The molecule has 0 spiro atoms. The number of thioether (sulfide) groups is 1. The zero-order chi connectivity index (χ0) is 18.7. The number of rotatable bonds is 5. The number of nitrogens with zero attached hydrogens (tertiary/aromatic N) is 2. The van der Waals surface area contributed by atoms with Crippen molar-refractivity contribution in [3.8, 4) is 17.1 Å². The van der Waals surface area contributed by atoms with Gasteiger partial charge in [-0.15, -0.1) is 5.10 Å². The molecule has 3 rings (SSSR count). The Bertz CT molecular complexity index is 967. The summed E-state index contributed by atoms with van der Waals surface area (Å²) in [5, 5.41) is 20.3. The molecule has 134 valence electrons. The molecule has 6 nitrogen and oxygen atoms in total. The molecule has 1 amide bonds. The molecule has 0 radical (unpaired) electrons. The number of phenolic OH excluding ortho intramolecular Hbond substituents is 1. The molecule has 3 N–H and O–H groups in total. The lowest BCUT2D eigenvalue weighted by molar-refractivity contribution is -0.113. The molecule has 0 aliphatic rings. The minimum Gasteiger partial charge on any atom is -0.507 e. The summed E-state index contributed by atoms with van der Waals surface area (Å²) in [7, 11) is 0. The highest BCUT2D eigenvalue weighted by atomic mass is 79.9. The van der Waals surface area contributed by atoms with Gasteiger partial charge < -0.3 is 10.4 Å². The van der Waals surface area contributed by atoms with Crippen LogP contribution in [0, 0.1) is 0 Å². The van der Waals surface area contributed by atoms with Crippen LogP contribution in [-0.4, -0.2) is 31.9 Å². The lowest BCUT2D eigenvalue weighted by atomic mass is 10.2. The number of aromatic nitrogens is 3. The van der Waals surface area contributed by atoms with Crippen LogP contribution in [-0.2, 0) is 4.79 Å². The van der Waals surface area contributed by atoms with Crippen LogP contribution >= 0.6 is 55.2 Å². The van der Waals surface area contributed by atoms with Gasteiger partial charge in [-0.3, -0.25) is 9.89 Å². The van der Waals surface area contributed by atoms with E-state index in [0.717, 1.165) is 8.95 Å². The summed E-state index contributed by atoms with van der Waals surface area (Å²) in [6, 6.07) is 10.2. The summed E-state index contributed by atoms with van der Waals surface area (Å²) in [5.74, 6) is 0.399. The van der Waals surface area contributed by atoms with E-state index in [1.807, 2.05) is 0 Å². The van der Waals surface area contributed by atoms with Gasteiger partial charge in [0.05, 0.1) is 22.0 Å². The van der Waals surface area contributed by atoms with Crippen molar-refractivity contribution < 1.29 is 9.90 Å². The van der Waals surface area contributed by atoms with E-state index in [-0.39, 0.29) is 17.4 Å². The van der Waals surface area contributed by atoms with Crippen molar-refractivity contribution in [2.45, 2.75) is 5.16 Å². The normalized spacial score (nSPS) is 10.7. The quantitative estimate of drug-likeness (QED) is 0.410. The van der Waals surface area contributed by atoms with Crippen molar-refractivity contribution in [1.82, 2.24) is 15.2 Å². The number of hydrogen-bond acceptors (Lipinski definition) is 5. The number of anilines is 1. The summed E-state index contributed by atoms with van der Waals surface area (Å²) in [6.07, 6.45) is 0. The Morgan fingerprint density at radius 2 is 1.96 bits per heavy atom. The number of amides is 1. The fraction of sp³-hybridized carbons (Fsp3) is 0.0625. The summed E-state index contributed by atoms with van der Waals surface area (Å²) in [4.78, 5) is 16.4. The van der Waals surface area contributed by atoms with Crippen LogP contribution in [0.2, 0.25) is 5.02 Å². The van der Waals surface area contributed by atoms with Crippen LogP contribution in [0.4, 0.5) is 5.69 Å². The van der Waals surface area contributed by atoms with Gasteiger partial charge in [-0.2, -0.15) is 0 Å². The molecule has 3 aromatic rings. The smallest absolute Gasteiger partial charge is 0.234 e. The van der Waals surface area contributed by atoms with Gasteiger partial charge in [0.2, 0.25) is 11.1 Å². The average Bonchev–Trinajstić information content (AvgIpc) is 3.06. The van der Waals surface area contributed by atoms with Gasteiger partial charge in [0.1, 0.15) is 5.75 Å². The second-order valence-corrected chi connectivity index (χ2v) is 8.27. The molecular weight excluding hydrogens is 508 g/mol. The lowest BCUT2D eigenvalue weighted by Gasteiger charge is -2.06. The number of hydrogen-bond donors (Lipinski definition) is 3. The third-order valence-corrected chi connectivity index (χ3v) is 5.36. The Balaban J connectivity index is 1.62. The first-order valence-electron chi connectivity index (χ1n) is 7.21. The molecule has 0 fully saturated rings. The van der Waals surface area contributed by atoms with E-state index in [4.69, 9.17) is 11.6 Å². The topological polar surface area (TPSA) is 90.9 Å². The van der Waals surface area contributed by atoms with E-state index < -0.39 is 0 Å². The second kappa shape index (κ2) is 8.43. The number of carbonyl (C=O) groups excluding carboxylic acids is 1. The minimum atomic E-state index is -0.226. The first-order chi connectivity index (χ1) is 12.4. The molecular formula is C16H11Br2ClN4O2S. The van der Waals surface area contributed by atoms with Crippen LogP contribution in [0.15, 0.2) is 50.5 Å². The Kier molecular flexibility index (Phi) is 6.23. The number of carbonyl (C=O) groups is 1. The van der Waals surface area contributed by atoms with E-state index in [0.29, 0.717) is 27.3 Å². The number of nitrogens with one attached hydrogen (secondary N) is 2. The number of benzene rings is 2. The van der Waals surface area contributed by atoms with Crippen LogP contribution in [0.25, 0.3) is 11.4 Å². The number of H-pyrrole nitrogens is 1. The Labute approximate surface area is 175 Å². The van der Waals surface area contributed by atoms with E-state index in [1.54, 1.807) is 36.4 Å². The summed E-state index contributed by atoms with van der Waals surface area (Å²) < 4.78 is 1.64. The molecule has 0 aliphatic heterocycles. The molecule has 0 saturated heterocycles. The third-order valence-electron chi connectivity index (χ3n) is 3.22. The fourth-order valence-electron chi connectivity index (χ4n) is 2.04. The van der Waals surface area contributed by atoms with Gasteiger partial charge in [-0.25, -0.2) is 4.98 Å². The SMILES string of the molecule is O=C(CSc1n[nH]c(-c2cc(Br)ccc2O)n1)Nc1ccc(Br)cc1Cl. The molecule has 0 unspecified atom stereocenters. The summed E-state index contributed by atoms with van der Waals surface area (Å²) in [6.45, 7) is 0. The van der Waals surface area contributed by atoms with Crippen LogP contribution in [0.5, 0.6) is 5.75 Å². The van der Waals surface area contributed by atoms with Crippen molar-refractivity contribution in [3.05, 3.63) is 50.4 Å². The third kappa shape index (κ3) is 4.79. The molecule has 0 saturated carbocycles. The molecule has 1 aromatic heterocycles.